The maximum atomic E-state index is 12.9. The van der Waals surface area contributed by atoms with E-state index in [-0.39, 0.29) is 11.7 Å². The number of hydrazine groups is 1. The second-order valence-corrected chi connectivity index (χ2v) is 7.35. The first kappa shape index (κ1) is 17.4. The molecule has 0 aliphatic heterocycles. The Morgan fingerprint density at radius 2 is 1.66 bits per heavy atom. The van der Waals surface area contributed by atoms with Crippen LogP contribution in [0.2, 0.25) is 0 Å². The average molecular weight is 385 g/mol. The van der Waals surface area contributed by atoms with E-state index in [0.29, 0.717) is 17.1 Å². The fourth-order valence-corrected chi connectivity index (χ4v) is 3.60. The number of aromatic nitrogens is 1. The molecule has 29 heavy (non-hydrogen) atoms. The molecule has 1 aliphatic rings. The molecule has 6 heteroatoms. The van der Waals surface area contributed by atoms with Crippen molar-refractivity contribution >= 4 is 33.7 Å². The van der Waals surface area contributed by atoms with Crippen LogP contribution in [0.1, 0.15) is 50.9 Å². The molecule has 144 valence electrons. The number of aryl methyl sites for hydroxylation is 1. The Kier molecular flexibility index (Phi) is 4.05. The molecular weight excluding hydrogens is 366 g/mol. The van der Waals surface area contributed by atoms with Gasteiger partial charge in [0.25, 0.3) is 5.91 Å². The third-order valence-corrected chi connectivity index (χ3v) is 5.32. The van der Waals surface area contributed by atoms with Crippen molar-refractivity contribution in [1.29, 1.82) is 0 Å². The lowest BCUT2D eigenvalue weighted by Crippen LogP contribution is -2.41. The number of carbonyl (C=O) groups excluding carboxylic acids is 2. The Morgan fingerprint density at radius 1 is 0.966 bits per heavy atom. The van der Waals surface area contributed by atoms with Crippen molar-refractivity contribution in [2.45, 2.75) is 25.7 Å². The maximum absolute atomic E-state index is 12.9. The van der Waals surface area contributed by atoms with Crippen LogP contribution in [0.5, 0.6) is 0 Å². The third kappa shape index (κ3) is 3.12. The molecule has 0 bridgehead atoms. The number of furan rings is 1. The Morgan fingerprint density at radius 3 is 2.41 bits per heavy atom. The summed E-state index contributed by atoms with van der Waals surface area (Å²) >= 11 is 0. The first-order valence-electron chi connectivity index (χ1n) is 9.60. The molecule has 6 nitrogen and oxygen atoms in total. The van der Waals surface area contributed by atoms with E-state index >= 15 is 0 Å². The minimum Gasteiger partial charge on any atom is -0.451 e. The van der Waals surface area contributed by atoms with E-state index in [2.05, 4.69) is 15.8 Å². The topological polar surface area (TPSA) is 84.2 Å². The van der Waals surface area contributed by atoms with Crippen molar-refractivity contribution in [2.24, 2.45) is 0 Å². The van der Waals surface area contributed by atoms with Crippen LogP contribution in [0.3, 0.4) is 0 Å². The molecule has 1 fully saturated rings. The average Bonchev–Trinajstić information content (AvgIpc) is 3.55. The van der Waals surface area contributed by atoms with E-state index < -0.39 is 5.91 Å². The van der Waals surface area contributed by atoms with Crippen LogP contribution in [0, 0.1) is 6.92 Å². The summed E-state index contributed by atoms with van der Waals surface area (Å²) in [6.07, 6.45) is 2.18. The molecule has 5 rings (SSSR count). The lowest BCUT2D eigenvalue weighted by atomic mass is 10.1. The largest absolute Gasteiger partial charge is 0.451 e. The number of nitrogens with zero attached hydrogens (tertiary/aromatic N) is 1. The molecule has 2 aromatic heterocycles. The van der Waals surface area contributed by atoms with Gasteiger partial charge in [-0.15, -0.1) is 0 Å². The highest BCUT2D eigenvalue weighted by Gasteiger charge is 2.27. The van der Waals surface area contributed by atoms with Crippen LogP contribution in [-0.4, -0.2) is 16.8 Å². The Labute approximate surface area is 166 Å². The van der Waals surface area contributed by atoms with Gasteiger partial charge < -0.3 is 4.42 Å². The van der Waals surface area contributed by atoms with E-state index in [1.165, 1.54) is 0 Å². The van der Waals surface area contributed by atoms with Crippen molar-refractivity contribution in [3.63, 3.8) is 0 Å². The predicted octanol–water partition coefficient (Wildman–Crippen LogP) is 4.24. The van der Waals surface area contributed by atoms with Crippen molar-refractivity contribution < 1.29 is 14.0 Å². The number of rotatable bonds is 3. The lowest BCUT2D eigenvalue weighted by molar-refractivity contribution is 0.0832. The van der Waals surface area contributed by atoms with E-state index in [9.17, 15) is 9.59 Å². The van der Waals surface area contributed by atoms with Gasteiger partial charge in [-0.3, -0.25) is 25.4 Å². The molecule has 4 aromatic rings. The van der Waals surface area contributed by atoms with Crippen molar-refractivity contribution in [3.05, 3.63) is 77.2 Å². The molecule has 2 heterocycles. The fraction of sp³-hybridized carbons (Fsp3) is 0.174. The van der Waals surface area contributed by atoms with E-state index in [0.717, 1.165) is 40.4 Å². The highest BCUT2D eigenvalue weighted by atomic mass is 16.3. The third-order valence-electron chi connectivity index (χ3n) is 5.32. The molecule has 2 aromatic carbocycles. The van der Waals surface area contributed by atoms with Crippen LogP contribution < -0.4 is 10.9 Å². The number of pyridine rings is 1. The first-order chi connectivity index (χ1) is 14.1. The Balaban J connectivity index is 1.40. The molecule has 1 saturated carbocycles. The molecule has 0 spiro atoms. The SMILES string of the molecule is Cc1c(C(=O)NNC(=O)c2cc(C3CC3)nc3ccccc23)oc2ccccc12. The number of amides is 2. The second-order valence-electron chi connectivity index (χ2n) is 7.35. The Bertz CT molecular complexity index is 1270. The van der Waals surface area contributed by atoms with E-state index in [4.69, 9.17) is 4.42 Å². The van der Waals surface area contributed by atoms with Crippen LogP contribution in [0.25, 0.3) is 21.9 Å². The summed E-state index contributed by atoms with van der Waals surface area (Å²) in [5.41, 5.74) is 8.57. The van der Waals surface area contributed by atoms with Gasteiger partial charge >= 0.3 is 5.91 Å². The van der Waals surface area contributed by atoms with Gasteiger partial charge in [0.2, 0.25) is 0 Å². The smallest absolute Gasteiger partial charge is 0.305 e. The van der Waals surface area contributed by atoms with Gasteiger partial charge in [0.1, 0.15) is 5.58 Å². The summed E-state index contributed by atoms with van der Waals surface area (Å²) in [7, 11) is 0. The normalized spacial score (nSPS) is 13.6. The highest BCUT2D eigenvalue weighted by Crippen LogP contribution is 2.40. The van der Waals surface area contributed by atoms with Gasteiger partial charge in [-0.05, 0) is 38.0 Å². The number of carbonyl (C=O) groups is 2. The standard InChI is InChI=1S/C23H19N3O3/c1-13-15-6-3-5-9-20(15)29-21(13)23(28)26-25-22(27)17-12-19(14-10-11-14)24-18-8-4-2-7-16(17)18/h2-9,12,14H,10-11H2,1H3,(H,25,27)(H,26,28). The van der Waals surface area contributed by atoms with Crippen molar-refractivity contribution in [2.75, 3.05) is 0 Å². The second kappa shape index (κ2) is 6.74. The van der Waals surface area contributed by atoms with Crippen molar-refractivity contribution in [1.82, 2.24) is 15.8 Å². The van der Waals surface area contributed by atoms with E-state index in [1.54, 1.807) is 6.07 Å². The molecular formula is C23H19N3O3. The summed E-state index contributed by atoms with van der Waals surface area (Å²) in [5.74, 6) is -0.274. The minimum absolute atomic E-state index is 0.185. The summed E-state index contributed by atoms with van der Waals surface area (Å²) < 4.78 is 5.65. The number of hydrogen-bond acceptors (Lipinski definition) is 4. The minimum atomic E-state index is -0.493. The van der Waals surface area contributed by atoms with Gasteiger partial charge in [0, 0.05) is 27.9 Å². The summed E-state index contributed by atoms with van der Waals surface area (Å²) in [6, 6.07) is 16.8. The maximum Gasteiger partial charge on any atom is 0.305 e. The summed E-state index contributed by atoms with van der Waals surface area (Å²) in [5, 5.41) is 1.63. The Hall–Kier alpha value is -3.67. The molecule has 0 radical (unpaired) electrons. The van der Waals surface area contributed by atoms with Gasteiger partial charge in [0.15, 0.2) is 5.76 Å². The number of fused-ring (bicyclic) bond motifs is 2. The molecule has 0 saturated heterocycles. The molecule has 2 amide bonds. The number of para-hydroxylation sites is 2. The van der Waals surface area contributed by atoms with Crippen LogP contribution in [-0.2, 0) is 0 Å². The monoisotopic (exact) mass is 385 g/mol. The molecule has 0 atom stereocenters. The highest BCUT2D eigenvalue weighted by molar-refractivity contribution is 6.07. The van der Waals surface area contributed by atoms with Crippen molar-refractivity contribution in [3.8, 4) is 0 Å². The number of benzene rings is 2. The number of hydrogen-bond donors (Lipinski definition) is 2. The molecule has 1 aliphatic carbocycles. The predicted molar refractivity (Wildman–Crippen MR) is 110 cm³/mol. The first-order valence-corrected chi connectivity index (χ1v) is 9.60. The quantitative estimate of drug-likeness (QED) is 0.517. The fourth-order valence-electron chi connectivity index (χ4n) is 3.60. The number of nitrogens with one attached hydrogen (secondary N) is 2. The van der Waals surface area contributed by atoms with E-state index in [1.807, 2.05) is 55.5 Å². The summed E-state index contributed by atoms with van der Waals surface area (Å²) in [6.45, 7) is 1.82. The summed E-state index contributed by atoms with van der Waals surface area (Å²) in [4.78, 5) is 30.1. The van der Waals surface area contributed by atoms with Gasteiger partial charge in [-0.2, -0.15) is 0 Å². The zero-order valence-electron chi connectivity index (χ0n) is 15.9. The van der Waals surface area contributed by atoms with Gasteiger partial charge in [-0.1, -0.05) is 36.4 Å². The zero-order valence-corrected chi connectivity index (χ0v) is 15.9. The zero-order chi connectivity index (χ0) is 20.0. The molecule has 2 N–H and O–H groups in total. The van der Waals surface area contributed by atoms with Gasteiger partial charge in [-0.25, -0.2) is 0 Å². The van der Waals surface area contributed by atoms with Crippen LogP contribution in [0.15, 0.2) is 59.0 Å². The molecule has 0 unspecified atom stereocenters. The van der Waals surface area contributed by atoms with Gasteiger partial charge in [0.05, 0.1) is 11.1 Å². The lowest BCUT2D eigenvalue weighted by Gasteiger charge is -2.10. The van der Waals surface area contributed by atoms with Crippen LogP contribution in [0.4, 0.5) is 0 Å². The van der Waals surface area contributed by atoms with Crippen LogP contribution >= 0.6 is 0 Å².